The van der Waals surface area contributed by atoms with Crippen molar-refractivity contribution in [1.82, 2.24) is 9.80 Å². The molecule has 1 aromatic carbocycles. The summed E-state index contributed by atoms with van der Waals surface area (Å²) in [5, 5.41) is 8.90. The highest BCUT2D eigenvalue weighted by molar-refractivity contribution is 5.76. The molecule has 1 saturated heterocycles. The van der Waals surface area contributed by atoms with E-state index in [1.807, 2.05) is 42.5 Å². The average molecular weight is 381 g/mol. The molecule has 1 amide bonds. The first-order valence-corrected chi connectivity index (χ1v) is 9.85. The van der Waals surface area contributed by atoms with Gasteiger partial charge in [0.2, 0.25) is 5.91 Å². The standard InChI is InChI=1S/C22H27N3O3/c23-11-4-12-25(14-13-24-15-17-27-18-16-24)22(26)10-8-20-7-9-21(28-20)19-5-2-1-3-6-19/h1-3,5-7,9H,4,8,10,12-18H2. The number of rotatable bonds is 9. The van der Waals surface area contributed by atoms with Crippen molar-refractivity contribution in [3.8, 4) is 17.4 Å². The number of amides is 1. The van der Waals surface area contributed by atoms with Crippen molar-refractivity contribution in [2.75, 3.05) is 45.9 Å². The monoisotopic (exact) mass is 381 g/mol. The maximum absolute atomic E-state index is 12.7. The minimum absolute atomic E-state index is 0.0705. The summed E-state index contributed by atoms with van der Waals surface area (Å²) in [5.74, 6) is 1.69. The molecule has 0 bridgehead atoms. The molecule has 1 aliphatic rings. The number of benzene rings is 1. The van der Waals surface area contributed by atoms with Crippen LogP contribution in [0, 0.1) is 11.3 Å². The first-order chi connectivity index (χ1) is 13.8. The van der Waals surface area contributed by atoms with Crippen molar-refractivity contribution in [2.24, 2.45) is 0 Å². The summed E-state index contributed by atoms with van der Waals surface area (Å²) in [6, 6.07) is 15.9. The van der Waals surface area contributed by atoms with Crippen LogP contribution in [0.3, 0.4) is 0 Å². The fraction of sp³-hybridized carbons (Fsp3) is 0.455. The van der Waals surface area contributed by atoms with Gasteiger partial charge in [-0.2, -0.15) is 5.26 Å². The zero-order valence-electron chi connectivity index (χ0n) is 16.2. The van der Waals surface area contributed by atoms with E-state index < -0.39 is 0 Å². The molecule has 1 aromatic heterocycles. The van der Waals surface area contributed by atoms with Gasteiger partial charge in [-0.05, 0) is 12.1 Å². The summed E-state index contributed by atoms with van der Waals surface area (Å²) in [6.45, 7) is 5.23. The Morgan fingerprint density at radius 3 is 2.64 bits per heavy atom. The molecular formula is C22H27N3O3. The van der Waals surface area contributed by atoms with Crippen molar-refractivity contribution in [3.63, 3.8) is 0 Å². The van der Waals surface area contributed by atoms with Crippen molar-refractivity contribution in [2.45, 2.75) is 19.3 Å². The number of carbonyl (C=O) groups excluding carboxylic acids is 1. The number of carbonyl (C=O) groups is 1. The molecule has 6 heteroatoms. The van der Waals surface area contributed by atoms with Crippen molar-refractivity contribution in [1.29, 1.82) is 5.26 Å². The molecule has 1 fully saturated rings. The van der Waals surface area contributed by atoms with Gasteiger partial charge in [0.05, 0.1) is 25.7 Å². The second-order valence-corrected chi connectivity index (χ2v) is 6.87. The van der Waals surface area contributed by atoms with Crippen LogP contribution >= 0.6 is 0 Å². The lowest BCUT2D eigenvalue weighted by molar-refractivity contribution is -0.131. The maximum Gasteiger partial charge on any atom is 0.223 e. The van der Waals surface area contributed by atoms with Crippen LogP contribution in [0.1, 0.15) is 18.6 Å². The lowest BCUT2D eigenvalue weighted by Crippen LogP contribution is -2.43. The number of hydrogen-bond donors (Lipinski definition) is 0. The van der Waals surface area contributed by atoms with Crippen LogP contribution in [0.25, 0.3) is 11.3 Å². The highest BCUT2D eigenvalue weighted by Crippen LogP contribution is 2.22. The number of hydrogen-bond acceptors (Lipinski definition) is 5. The van der Waals surface area contributed by atoms with Crippen LogP contribution in [0.2, 0.25) is 0 Å². The van der Waals surface area contributed by atoms with E-state index >= 15 is 0 Å². The van der Waals surface area contributed by atoms with E-state index in [9.17, 15) is 4.79 Å². The highest BCUT2D eigenvalue weighted by atomic mass is 16.5. The van der Waals surface area contributed by atoms with Crippen LogP contribution < -0.4 is 0 Å². The largest absolute Gasteiger partial charge is 0.461 e. The Hall–Kier alpha value is -2.62. The molecule has 28 heavy (non-hydrogen) atoms. The van der Waals surface area contributed by atoms with E-state index in [0.29, 0.717) is 32.4 Å². The Labute approximate surface area is 166 Å². The number of nitriles is 1. The van der Waals surface area contributed by atoms with Gasteiger partial charge < -0.3 is 14.1 Å². The molecule has 2 heterocycles. The van der Waals surface area contributed by atoms with E-state index in [0.717, 1.165) is 49.9 Å². The first kappa shape index (κ1) is 20.1. The summed E-state index contributed by atoms with van der Waals surface area (Å²) in [7, 11) is 0. The van der Waals surface area contributed by atoms with Gasteiger partial charge in [0.15, 0.2) is 0 Å². The number of aryl methyl sites for hydroxylation is 1. The van der Waals surface area contributed by atoms with Gasteiger partial charge in [-0.1, -0.05) is 30.3 Å². The highest BCUT2D eigenvalue weighted by Gasteiger charge is 2.17. The Kier molecular flexibility index (Phi) is 7.65. The molecule has 148 valence electrons. The van der Waals surface area contributed by atoms with E-state index in [-0.39, 0.29) is 5.91 Å². The second kappa shape index (κ2) is 10.6. The lowest BCUT2D eigenvalue weighted by atomic mass is 10.2. The Morgan fingerprint density at radius 2 is 1.89 bits per heavy atom. The van der Waals surface area contributed by atoms with Gasteiger partial charge in [0.1, 0.15) is 11.5 Å². The van der Waals surface area contributed by atoms with Crippen LogP contribution in [-0.2, 0) is 16.0 Å². The topological polar surface area (TPSA) is 69.7 Å². The van der Waals surface area contributed by atoms with Crippen LogP contribution in [0.5, 0.6) is 0 Å². The number of morpholine rings is 1. The normalized spacial score (nSPS) is 14.5. The smallest absolute Gasteiger partial charge is 0.223 e. The molecule has 0 radical (unpaired) electrons. The summed E-state index contributed by atoms with van der Waals surface area (Å²) in [4.78, 5) is 16.8. The maximum atomic E-state index is 12.7. The average Bonchev–Trinajstić information content (AvgIpc) is 3.22. The third kappa shape index (κ3) is 5.95. The van der Waals surface area contributed by atoms with Gasteiger partial charge in [0, 0.05) is 51.1 Å². The van der Waals surface area contributed by atoms with Crippen molar-refractivity contribution >= 4 is 5.91 Å². The van der Waals surface area contributed by atoms with E-state index in [4.69, 9.17) is 14.4 Å². The summed E-state index contributed by atoms with van der Waals surface area (Å²) < 4.78 is 11.3. The summed E-state index contributed by atoms with van der Waals surface area (Å²) >= 11 is 0. The SMILES string of the molecule is N#CCCN(CCN1CCOCC1)C(=O)CCc1ccc(-c2ccccc2)o1. The van der Waals surface area contributed by atoms with Gasteiger partial charge in [0.25, 0.3) is 0 Å². The molecule has 2 aromatic rings. The number of ether oxygens (including phenoxy) is 1. The molecule has 0 aliphatic carbocycles. The zero-order chi connectivity index (χ0) is 19.6. The zero-order valence-corrected chi connectivity index (χ0v) is 16.2. The Bertz CT molecular complexity index is 776. The van der Waals surface area contributed by atoms with E-state index in [1.54, 1.807) is 4.90 Å². The Balaban J connectivity index is 1.51. The van der Waals surface area contributed by atoms with Crippen molar-refractivity contribution < 1.29 is 13.9 Å². The van der Waals surface area contributed by atoms with Crippen molar-refractivity contribution in [3.05, 3.63) is 48.2 Å². The van der Waals surface area contributed by atoms with Gasteiger partial charge >= 0.3 is 0 Å². The second-order valence-electron chi connectivity index (χ2n) is 6.87. The number of nitrogens with zero attached hydrogens (tertiary/aromatic N) is 3. The number of furan rings is 1. The van der Waals surface area contributed by atoms with E-state index in [1.165, 1.54) is 0 Å². The molecule has 1 aliphatic heterocycles. The quantitative estimate of drug-likeness (QED) is 0.668. The first-order valence-electron chi connectivity index (χ1n) is 9.85. The molecular weight excluding hydrogens is 354 g/mol. The molecule has 0 spiro atoms. The predicted molar refractivity (Wildman–Crippen MR) is 107 cm³/mol. The van der Waals surface area contributed by atoms with Crippen LogP contribution in [0.4, 0.5) is 0 Å². The summed E-state index contributed by atoms with van der Waals surface area (Å²) in [6.07, 6.45) is 1.30. The fourth-order valence-electron chi connectivity index (χ4n) is 3.29. The third-order valence-corrected chi connectivity index (χ3v) is 4.94. The molecule has 0 N–H and O–H groups in total. The minimum Gasteiger partial charge on any atom is -0.461 e. The lowest BCUT2D eigenvalue weighted by Gasteiger charge is -2.29. The molecule has 3 rings (SSSR count). The third-order valence-electron chi connectivity index (χ3n) is 4.94. The molecule has 6 nitrogen and oxygen atoms in total. The molecule has 0 atom stereocenters. The summed E-state index contributed by atoms with van der Waals surface area (Å²) in [5.41, 5.74) is 1.03. The van der Waals surface area contributed by atoms with Crippen LogP contribution in [-0.4, -0.2) is 61.6 Å². The van der Waals surface area contributed by atoms with Gasteiger partial charge in [-0.3, -0.25) is 9.69 Å². The van der Waals surface area contributed by atoms with Gasteiger partial charge in [-0.15, -0.1) is 0 Å². The van der Waals surface area contributed by atoms with Gasteiger partial charge in [-0.25, -0.2) is 0 Å². The molecule has 0 unspecified atom stereocenters. The van der Waals surface area contributed by atoms with E-state index in [2.05, 4.69) is 11.0 Å². The van der Waals surface area contributed by atoms with Crippen LogP contribution in [0.15, 0.2) is 46.9 Å². The molecule has 0 saturated carbocycles. The fourth-order valence-corrected chi connectivity index (χ4v) is 3.29. The Morgan fingerprint density at radius 1 is 1.11 bits per heavy atom. The predicted octanol–water partition coefficient (Wildman–Crippen LogP) is 2.95. The minimum atomic E-state index is 0.0705.